The van der Waals surface area contributed by atoms with Gasteiger partial charge in [0.25, 0.3) is 0 Å². The third-order valence-corrected chi connectivity index (χ3v) is 9.63. The van der Waals surface area contributed by atoms with Gasteiger partial charge in [-0.15, -0.1) is 0 Å². The van der Waals surface area contributed by atoms with Crippen molar-refractivity contribution in [2.24, 2.45) is 11.8 Å². The van der Waals surface area contributed by atoms with Gasteiger partial charge >= 0.3 is 0 Å². The summed E-state index contributed by atoms with van der Waals surface area (Å²) in [4.78, 5) is 5.63. The summed E-state index contributed by atoms with van der Waals surface area (Å²) in [6.45, 7) is 8.37. The van der Waals surface area contributed by atoms with Crippen molar-refractivity contribution in [2.45, 2.75) is 161 Å². The molecule has 4 unspecified atom stereocenters. The predicted octanol–water partition coefficient (Wildman–Crippen LogP) is 9.62. The number of rotatable bonds is 0. The Bertz CT molecular complexity index is 436. The second-order valence-electron chi connectivity index (χ2n) is 12.9. The Morgan fingerprint density at radius 2 is 0.514 bits per heavy atom. The van der Waals surface area contributed by atoms with Gasteiger partial charge in [0.2, 0.25) is 0 Å². The van der Waals surface area contributed by atoms with E-state index in [1.807, 2.05) is 0 Å². The molecule has 2 heteroatoms. The van der Waals surface area contributed by atoms with Gasteiger partial charge in [0, 0.05) is 13.1 Å². The first-order valence-electron chi connectivity index (χ1n) is 16.8. The average molecular weight is 489 g/mol. The van der Waals surface area contributed by atoms with Crippen molar-refractivity contribution in [3.63, 3.8) is 0 Å². The van der Waals surface area contributed by atoms with E-state index in [0.717, 1.165) is 11.8 Å². The highest BCUT2D eigenvalue weighted by atomic mass is 15.1. The van der Waals surface area contributed by atoms with Gasteiger partial charge in [0.1, 0.15) is 0 Å². The minimum absolute atomic E-state index is 1.01. The molecule has 3 aliphatic rings. The van der Waals surface area contributed by atoms with Crippen LogP contribution in [-0.2, 0) is 0 Å². The van der Waals surface area contributed by atoms with Crippen LogP contribution >= 0.6 is 0 Å². The molecule has 0 spiro atoms. The molecule has 4 bridgehead atoms. The zero-order valence-electron chi connectivity index (χ0n) is 24.0. The lowest BCUT2D eigenvalue weighted by Gasteiger charge is -2.32. The Morgan fingerprint density at radius 1 is 0.257 bits per heavy atom. The average Bonchev–Trinajstić information content (AvgIpc) is 2.88. The molecule has 35 heavy (non-hydrogen) atoms. The van der Waals surface area contributed by atoms with E-state index >= 15 is 0 Å². The molecular weight excluding hydrogens is 424 g/mol. The SMILES string of the molecule is C1CCCCCCN2CCCC(CCCCCCCCCCCN3CCCC(CCCCC1)C3)C2. The van der Waals surface area contributed by atoms with Crippen LogP contribution in [0.3, 0.4) is 0 Å². The number of hydrogen-bond acceptors (Lipinski definition) is 2. The fourth-order valence-corrected chi connectivity index (χ4v) is 7.37. The second-order valence-corrected chi connectivity index (χ2v) is 12.9. The monoisotopic (exact) mass is 489 g/mol. The Balaban J connectivity index is 1.30. The molecule has 4 atom stereocenters. The normalized spacial score (nSPS) is 33.6. The smallest absolute Gasteiger partial charge is 0.000966 e. The van der Waals surface area contributed by atoms with Crippen LogP contribution in [0.1, 0.15) is 161 Å². The summed E-state index contributed by atoms with van der Waals surface area (Å²) in [7, 11) is 0. The lowest BCUT2D eigenvalue weighted by atomic mass is 9.92. The van der Waals surface area contributed by atoms with Gasteiger partial charge in [-0.2, -0.15) is 0 Å². The highest BCUT2D eigenvalue weighted by molar-refractivity contribution is 4.74. The lowest BCUT2D eigenvalue weighted by Crippen LogP contribution is -2.36. The van der Waals surface area contributed by atoms with Crippen molar-refractivity contribution in [1.82, 2.24) is 9.80 Å². The summed E-state index contributed by atoms with van der Waals surface area (Å²) >= 11 is 0. The van der Waals surface area contributed by atoms with E-state index in [1.165, 1.54) is 200 Å². The van der Waals surface area contributed by atoms with E-state index in [2.05, 4.69) is 9.80 Å². The Hall–Kier alpha value is -0.0800. The summed E-state index contributed by atoms with van der Waals surface area (Å²) in [5.41, 5.74) is 0. The van der Waals surface area contributed by atoms with Gasteiger partial charge in [-0.05, 0) is 89.4 Å². The number of nitrogens with zero attached hydrogens (tertiary/aromatic N) is 2. The summed E-state index contributed by atoms with van der Waals surface area (Å²) in [5, 5.41) is 0. The van der Waals surface area contributed by atoms with Crippen LogP contribution in [0.2, 0.25) is 0 Å². The highest BCUT2D eigenvalue weighted by Gasteiger charge is 2.20. The third kappa shape index (κ3) is 14.4. The van der Waals surface area contributed by atoms with Crippen LogP contribution < -0.4 is 0 Å². The zero-order valence-corrected chi connectivity index (χ0v) is 24.0. The molecule has 3 heterocycles. The van der Waals surface area contributed by atoms with Crippen LogP contribution in [0.15, 0.2) is 0 Å². The van der Waals surface area contributed by atoms with Gasteiger partial charge in [-0.1, -0.05) is 109 Å². The maximum absolute atomic E-state index is 2.82. The maximum Gasteiger partial charge on any atom is 0.000966 e. The maximum atomic E-state index is 2.82. The molecule has 0 amide bonds. The molecule has 0 radical (unpaired) electrons. The molecule has 0 aromatic carbocycles. The largest absolute Gasteiger partial charge is 0.303 e. The molecule has 2 nitrogen and oxygen atoms in total. The highest BCUT2D eigenvalue weighted by Crippen LogP contribution is 2.25. The van der Waals surface area contributed by atoms with E-state index in [0.29, 0.717) is 0 Å². The van der Waals surface area contributed by atoms with Crippen LogP contribution in [0, 0.1) is 11.8 Å². The van der Waals surface area contributed by atoms with Crippen molar-refractivity contribution < 1.29 is 0 Å². The molecule has 206 valence electrons. The molecule has 3 aliphatic heterocycles. The van der Waals surface area contributed by atoms with E-state index in [-0.39, 0.29) is 0 Å². The van der Waals surface area contributed by atoms with E-state index in [9.17, 15) is 0 Å². The molecule has 0 N–H and O–H groups in total. The second kappa shape index (κ2) is 20.0. The minimum atomic E-state index is 1.01. The zero-order chi connectivity index (χ0) is 24.2. The van der Waals surface area contributed by atoms with Crippen LogP contribution in [0.25, 0.3) is 0 Å². The molecule has 0 aromatic heterocycles. The third-order valence-electron chi connectivity index (χ3n) is 9.63. The quantitative estimate of drug-likeness (QED) is 0.335. The van der Waals surface area contributed by atoms with E-state index in [1.54, 1.807) is 0 Å². The predicted molar refractivity (Wildman–Crippen MR) is 155 cm³/mol. The first-order chi connectivity index (χ1) is 17.4. The summed E-state index contributed by atoms with van der Waals surface area (Å²) in [6, 6.07) is 0. The van der Waals surface area contributed by atoms with Crippen molar-refractivity contribution in [2.75, 3.05) is 39.3 Å². The number of piperidine rings is 2. The van der Waals surface area contributed by atoms with E-state index < -0.39 is 0 Å². The molecule has 3 saturated heterocycles. The van der Waals surface area contributed by atoms with Gasteiger partial charge in [0.15, 0.2) is 0 Å². The first kappa shape index (κ1) is 29.5. The van der Waals surface area contributed by atoms with Gasteiger partial charge in [0.05, 0.1) is 0 Å². The molecule has 3 rings (SSSR count). The number of hydrogen-bond donors (Lipinski definition) is 0. The van der Waals surface area contributed by atoms with Crippen molar-refractivity contribution in [3.05, 3.63) is 0 Å². The van der Waals surface area contributed by atoms with Crippen LogP contribution in [0.5, 0.6) is 0 Å². The summed E-state index contributed by atoms with van der Waals surface area (Å²) < 4.78 is 0. The van der Waals surface area contributed by atoms with Gasteiger partial charge in [-0.25, -0.2) is 0 Å². The first-order valence-corrected chi connectivity index (χ1v) is 16.8. The Kier molecular flexibility index (Phi) is 16.8. The fraction of sp³-hybridized carbons (Fsp3) is 1.00. The van der Waals surface area contributed by atoms with Gasteiger partial charge < -0.3 is 9.80 Å². The summed E-state index contributed by atoms with van der Waals surface area (Å²) in [5.74, 6) is 2.02. The fourth-order valence-electron chi connectivity index (χ4n) is 7.37. The van der Waals surface area contributed by atoms with E-state index in [4.69, 9.17) is 0 Å². The molecular formula is C33H64N2. The topological polar surface area (TPSA) is 6.48 Å². The molecule has 0 aliphatic carbocycles. The van der Waals surface area contributed by atoms with Crippen molar-refractivity contribution in [3.8, 4) is 0 Å². The van der Waals surface area contributed by atoms with Crippen molar-refractivity contribution >= 4 is 0 Å². The van der Waals surface area contributed by atoms with Crippen molar-refractivity contribution in [1.29, 1.82) is 0 Å². The molecule has 0 saturated carbocycles. The van der Waals surface area contributed by atoms with Gasteiger partial charge in [-0.3, -0.25) is 0 Å². The standard InChI is InChI=1S/C33H64N2/c1-2-6-10-14-18-26-34-28-21-25-33(31-34)23-17-13-9-5-3-7-11-15-19-27-35-29-20-24-32(30-35)22-16-12-8-4-1/h32-33H,1-31H2. The Morgan fingerprint density at radius 3 is 0.886 bits per heavy atom. The van der Waals surface area contributed by atoms with Crippen LogP contribution in [-0.4, -0.2) is 49.1 Å². The summed E-state index contributed by atoms with van der Waals surface area (Å²) in [6.07, 6.45) is 37.1. The van der Waals surface area contributed by atoms with Crippen LogP contribution in [0.4, 0.5) is 0 Å². The molecule has 0 aromatic rings. The minimum Gasteiger partial charge on any atom is -0.303 e. The molecule has 3 fully saturated rings. The number of fused-ring (bicyclic) bond motifs is 4. The lowest BCUT2D eigenvalue weighted by molar-refractivity contribution is 0.163. The Labute approximate surface area is 221 Å².